The zero-order valence-corrected chi connectivity index (χ0v) is 41.3. The molecule has 0 spiro atoms. The number of ether oxygens (including phenoxy) is 3. The third-order valence-electron chi connectivity index (χ3n) is 6.27. The van der Waals surface area contributed by atoms with Crippen LogP contribution in [-0.2, 0) is 23.8 Å². The normalized spacial score (nSPS) is 8.08. The van der Waals surface area contributed by atoms with Crippen LogP contribution in [0, 0.1) is 0 Å². The molecule has 0 atom stereocenters. The Bertz CT molecular complexity index is 1720. The van der Waals surface area contributed by atoms with Gasteiger partial charge in [-0.25, -0.2) is 4.79 Å². The van der Waals surface area contributed by atoms with Crippen LogP contribution in [-0.4, -0.2) is 47.4 Å². The monoisotopic (exact) mass is 838 g/mol. The first-order valence-electron chi connectivity index (χ1n) is 20.1. The summed E-state index contributed by atoms with van der Waals surface area (Å²) in [6, 6.07) is 35.1. The number of rotatable bonds is 6. The van der Waals surface area contributed by atoms with E-state index in [9.17, 15) is 9.59 Å². The molecule has 0 radical (unpaired) electrons. The van der Waals surface area contributed by atoms with Gasteiger partial charge in [0.15, 0.2) is 0 Å². The maximum Gasteiger partial charge on any atom is 0.332 e. The minimum absolute atomic E-state index is 0.0972. The number of likely N-dealkylation sites (N-methyl/N-ethyl adjacent to an activating group) is 1. The molecule has 338 valence electrons. The number of fused-ring (bicyclic) bond motifs is 1. The smallest absolute Gasteiger partial charge is 0.332 e. The van der Waals surface area contributed by atoms with E-state index in [1.165, 1.54) is 40.1 Å². The largest absolute Gasteiger partial charge is 0.502 e. The summed E-state index contributed by atoms with van der Waals surface area (Å²) in [6.45, 7) is 48.4. The minimum atomic E-state index is -0.347. The van der Waals surface area contributed by atoms with Crippen LogP contribution in [0.3, 0.4) is 0 Å². The Morgan fingerprint density at radius 2 is 0.770 bits per heavy atom. The van der Waals surface area contributed by atoms with E-state index in [4.69, 9.17) is 0 Å². The van der Waals surface area contributed by atoms with Crippen LogP contribution in [0.25, 0.3) is 27.5 Å². The fourth-order valence-corrected chi connectivity index (χ4v) is 3.29. The van der Waals surface area contributed by atoms with Crippen LogP contribution in [0.1, 0.15) is 99.8 Å². The molecule has 6 heteroatoms. The van der Waals surface area contributed by atoms with E-state index >= 15 is 0 Å². The number of carbonyl (C=O) groups is 2. The third-order valence-corrected chi connectivity index (χ3v) is 6.27. The van der Waals surface area contributed by atoms with E-state index in [1.807, 2.05) is 98.7 Å². The van der Waals surface area contributed by atoms with Crippen molar-refractivity contribution in [2.24, 2.45) is 0 Å². The van der Waals surface area contributed by atoms with Gasteiger partial charge in [0, 0.05) is 32.4 Å². The molecule has 1 N–H and O–H groups in total. The second-order valence-corrected chi connectivity index (χ2v) is 12.8. The predicted molar refractivity (Wildman–Crippen MR) is 275 cm³/mol. The molecule has 1 amide bonds. The first-order valence-corrected chi connectivity index (χ1v) is 20.1. The molecule has 4 aromatic rings. The van der Waals surface area contributed by atoms with Gasteiger partial charge < -0.3 is 19.5 Å². The number of amides is 1. The molecule has 0 saturated carbocycles. The average molecular weight is 838 g/mol. The van der Waals surface area contributed by atoms with E-state index in [2.05, 4.69) is 132 Å². The summed E-state index contributed by atoms with van der Waals surface area (Å²) in [5, 5.41) is 4.99. The van der Waals surface area contributed by atoms with Crippen LogP contribution < -0.4 is 5.32 Å². The second-order valence-electron chi connectivity index (χ2n) is 12.8. The molecular weight excluding hydrogens is 755 g/mol. The van der Waals surface area contributed by atoms with Crippen molar-refractivity contribution in [2.45, 2.75) is 83.1 Å². The summed E-state index contributed by atoms with van der Waals surface area (Å²) in [5.41, 5.74) is 9.16. The lowest BCUT2D eigenvalue weighted by atomic mass is 10.0. The van der Waals surface area contributed by atoms with Gasteiger partial charge in [0.1, 0.15) is 0 Å². The molecule has 0 saturated heterocycles. The molecule has 0 unspecified atom stereocenters. The third kappa shape index (κ3) is 46.6. The molecule has 0 aliphatic rings. The topological polar surface area (TPSA) is 73.9 Å². The standard InChI is InChI=1S/C13H12.2C9H10.C5H9NO.C5H8O2.C4H8O.C4H8.C2H6O.2C2H6/c1-10(2)12-8-7-11-5-3-4-6-13(11)9-12;2*1-8(2)9-6-4-3-5-7-9;1-4(2)5(7)6-3;1-4(2)5(6)7-3;1-4(2)5-3;1-4(2)3;1-3-2;2*1-2/h3-9H,1H2,2H3;2*3-7H,1H2,2H3;1H2,2-3H3,(H,6,7);1H2,2-3H3;1H2,2-3H3;1H2,2-3H3;1-2H3;2*1-2H3. The number of esters is 1. The Morgan fingerprint density at radius 1 is 0.459 bits per heavy atom. The van der Waals surface area contributed by atoms with Crippen LogP contribution in [0.15, 0.2) is 172 Å². The fourth-order valence-electron chi connectivity index (χ4n) is 3.29. The number of nitrogens with one attached hydrogen (secondary N) is 1. The molecule has 61 heavy (non-hydrogen) atoms. The number of hydrogen-bond acceptors (Lipinski definition) is 5. The van der Waals surface area contributed by atoms with Crippen LogP contribution in [0.4, 0.5) is 0 Å². The van der Waals surface area contributed by atoms with Gasteiger partial charge >= 0.3 is 5.97 Å². The highest BCUT2D eigenvalue weighted by molar-refractivity contribution is 5.91. The summed E-state index contributed by atoms with van der Waals surface area (Å²) in [6.07, 6.45) is 0. The molecule has 0 aromatic heterocycles. The Kier molecular flexibility index (Phi) is 51.2. The van der Waals surface area contributed by atoms with Gasteiger partial charge in [-0.05, 0) is 88.9 Å². The van der Waals surface area contributed by atoms with Gasteiger partial charge in [0.2, 0.25) is 5.91 Å². The number of allylic oxidation sites excluding steroid dienone is 5. The Hall–Kier alpha value is -5.98. The van der Waals surface area contributed by atoms with Gasteiger partial charge in [0.05, 0.1) is 20.0 Å². The van der Waals surface area contributed by atoms with Crippen LogP contribution in [0.5, 0.6) is 0 Å². The van der Waals surface area contributed by atoms with Crippen molar-refractivity contribution in [3.05, 3.63) is 188 Å². The number of hydrogen-bond donors (Lipinski definition) is 1. The van der Waals surface area contributed by atoms with Crippen molar-refractivity contribution in [1.82, 2.24) is 5.32 Å². The minimum Gasteiger partial charge on any atom is -0.502 e. The van der Waals surface area contributed by atoms with Crippen molar-refractivity contribution >= 4 is 39.4 Å². The molecule has 0 bridgehead atoms. The van der Waals surface area contributed by atoms with Crippen molar-refractivity contribution in [3.8, 4) is 0 Å². The lowest BCUT2D eigenvalue weighted by molar-refractivity contribution is -0.136. The lowest BCUT2D eigenvalue weighted by Crippen LogP contribution is -2.17. The maximum atomic E-state index is 10.3. The van der Waals surface area contributed by atoms with Gasteiger partial charge in [-0.3, -0.25) is 4.79 Å². The van der Waals surface area contributed by atoms with Gasteiger partial charge in [-0.15, -0.1) is 6.58 Å². The highest BCUT2D eigenvalue weighted by Gasteiger charge is 1.96. The Labute approximate surface area is 374 Å². The SMILES string of the molecule is C=C(C)C.C=C(C)C(=O)NC.C=C(C)C(=O)OC.C=C(C)OC.C=C(C)c1ccc2ccccc2c1.C=C(C)c1ccccc1.C=C(C)c1ccccc1.CC.CC.COC. The van der Waals surface area contributed by atoms with Crippen LogP contribution in [0.2, 0.25) is 0 Å². The quantitative estimate of drug-likeness (QED) is 0.0906. The highest BCUT2D eigenvalue weighted by Crippen LogP contribution is 2.19. The van der Waals surface area contributed by atoms with Crippen molar-refractivity contribution in [1.29, 1.82) is 0 Å². The summed E-state index contributed by atoms with van der Waals surface area (Å²) in [5.74, 6) is 0.310. The Morgan fingerprint density at radius 3 is 0.967 bits per heavy atom. The maximum absolute atomic E-state index is 10.3. The van der Waals surface area contributed by atoms with Gasteiger partial charge in [-0.1, -0.05) is 187 Å². The molecule has 6 nitrogen and oxygen atoms in total. The summed E-state index contributed by atoms with van der Waals surface area (Å²) in [7, 11) is 7.76. The van der Waals surface area contributed by atoms with E-state index in [0.29, 0.717) is 11.1 Å². The predicted octanol–water partition coefficient (Wildman–Crippen LogP) is 15.4. The summed E-state index contributed by atoms with van der Waals surface area (Å²) < 4.78 is 13.1. The zero-order chi connectivity index (χ0) is 48.9. The summed E-state index contributed by atoms with van der Waals surface area (Å²) >= 11 is 0. The molecular formula is C55H83NO5. The first kappa shape index (κ1) is 66.8. The fraction of sp³-hybridized carbons (Fsp3) is 0.309. The van der Waals surface area contributed by atoms with E-state index in [1.54, 1.807) is 49.1 Å². The van der Waals surface area contributed by atoms with Gasteiger partial charge in [-0.2, -0.15) is 0 Å². The lowest BCUT2D eigenvalue weighted by Gasteiger charge is -2.01. The van der Waals surface area contributed by atoms with Crippen molar-refractivity contribution in [2.75, 3.05) is 35.5 Å². The molecule has 0 aliphatic carbocycles. The highest BCUT2D eigenvalue weighted by atomic mass is 16.5. The molecule has 0 fully saturated rings. The molecule has 4 aromatic carbocycles. The van der Waals surface area contributed by atoms with E-state index in [0.717, 1.165) is 22.5 Å². The molecule has 0 heterocycles. The molecule has 4 rings (SSSR count). The zero-order valence-electron chi connectivity index (χ0n) is 41.3. The Balaban J connectivity index is -0.000000145. The number of carbonyl (C=O) groups excluding carboxylic acids is 2. The van der Waals surface area contributed by atoms with Crippen molar-refractivity contribution in [3.63, 3.8) is 0 Å². The number of benzene rings is 4. The van der Waals surface area contributed by atoms with E-state index in [-0.39, 0.29) is 11.9 Å². The number of methoxy groups -OCH3 is 3. The second kappa shape index (κ2) is 46.7. The van der Waals surface area contributed by atoms with Crippen LogP contribution >= 0.6 is 0 Å². The molecule has 0 aliphatic heterocycles. The first-order chi connectivity index (χ1) is 28.7. The van der Waals surface area contributed by atoms with E-state index < -0.39 is 0 Å². The van der Waals surface area contributed by atoms with Gasteiger partial charge in [0.25, 0.3) is 0 Å². The summed E-state index contributed by atoms with van der Waals surface area (Å²) in [4.78, 5) is 20.5. The van der Waals surface area contributed by atoms with Crippen molar-refractivity contribution < 1.29 is 23.8 Å². The average Bonchev–Trinajstić information content (AvgIpc) is 3.26.